The van der Waals surface area contributed by atoms with Crippen LogP contribution in [0.25, 0.3) is 0 Å². The van der Waals surface area contributed by atoms with Crippen LogP contribution in [0, 0.1) is 5.92 Å². The SMILES string of the molecule is CCOc1ccc(CN2CCN(C)C[C@@H](C(=O)NC)C2)cc1CO. The molecular weight excluding hydrogens is 306 g/mol. The lowest BCUT2D eigenvalue weighted by Crippen LogP contribution is -2.39. The second-order valence-electron chi connectivity index (χ2n) is 6.34. The molecule has 134 valence electrons. The highest BCUT2D eigenvalue weighted by Gasteiger charge is 2.25. The first-order valence-electron chi connectivity index (χ1n) is 8.55. The van der Waals surface area contributed by atoms with Gasteiger partial charge in [0.1, 0.15) is 5.75 Å². The quantitative estimate of drug-likeness (QED) is 0.801. The molecule has 0 bridgehead atoms. The molecule has 6 nitrogen and oxygen atoms in total. The minimum Gasteiger partial charge on any atom is -0.494 e. The maximum absolute atomic E-state index is 12.1. The topological polar surface area (TPSA) is 65.0 Å². The third kappa shape index (κ3) is 4.93. The standard InChI is InChI=1S/C18H29N3O3/c1-4-24-17-6-5-14(9-15(17)13-22)10-21-8-7-20(3)11-16(12-21)18(23)19-2/h5-6,9,16,22H,4,7-8,10-13H2,1-3H3,(H,19,23)/t16-/m1/s1. The van der Waals surface area contributed by atoms with Crippen molar-refractivity contribution < 1.29 is 14.6 Å². The van der Waals surface area contributed by atoms with E-state index in [1.807, 2.05) is 25.1 Å². The van der Waals surface area contributed by atoms with E-state index in [4.69, 9.17) is 4.74 Å². The summed E-state index contributed by atoms with van der Waals surface area (Å²) in [5.74, 6) is 0.807. The largest absolute Gasteiger partial charge is 0.494 e. The summed E-state index contributed by atoms with van der Waals surface area (Å²) in [6.45, 7) is 6.63. The van der Waals surface area contributed by atoms with Crippen molar-refractivity contribution >= 4 is 5.91 Å². The van der Waals surface area contributed by atoms with Gasteiger partial charge in [0, 0.05) is 45.3 Å². The number of nitrogens with zero attached hydrogens (tertiary/aromatic N) is 2. The van der Waals surface area contributed by atoms with Gasteiger partial charge in [0.05, 0.1) is 19.1 Å². The van der Waals surface area contributed by atoms with E-state index in [9.17, 15) is 9.90 Å². The number of benzene rings is 1. The zero-order chi connectivity index (χ0) is 17.5. The van der Waals surface area contributed by atoms with Gasteiger partial charge < -0.3 is 20.1 Å². The first-order chi connectivity index (χ1) is 11.6. The van der Waals surface area contributed by atoms with Crippen molar-refractivity contribution in [3.05, 3.63) is 29.3 Å². The molecule has 1 saturated heterocycles. The Kier molecular flexibility index (Phi) is 7.02. The summed E-state index contributed by atoms with van der Waals surface area (Å²) >= 11 is 0. The van der Waals surface area contributed by atoms with Gasteiger partial charge in [-0.05, 0) is 31.7 Å². The maximum Gasteiger partial charge on any atom is 0.225 e. The number of hydrogen-bond donors (Lipinski definition) is 2. The Bertz CT molecular complexity index is 550. The minimum atomic E-state index is -0.0349. The Hall–Kier alpha value is -1.63. The molecule has 0 aromatic heterocycles. The van der Waals surface area contributed by atoms with Crippen LogP contribution in [0.15, 0.2) is 18.2 Å². The molecular formula is C18H29N3O3. The monoisotopic (exact) mass is 335 g/mol. The van der Waals surface area contributed by atoms with E-state index < -0.39 is 0 Å². The Balaban J connectivity index is 2.09. The summed E-state index contributed by atoms with van der Waals surface area (Å²) in [5.41, 5.74) is 1.94. The molecule has 6 heteroatoms. The third-order valence-electron chi connectivity index (χ3n) is 4.43. The van der Waals surface area contributed by atoms with E-state index in [1.165, 1.54) is 0 Å². The van der Waals surface area contributed by atoms with E-state index >= 15 is 0 Å². The van der Waals surface area contributed by atoms with Crippen LogP contribution in [0.4, 0.5) is 0 Å². The lowest BCUT2D eigenvalue weighted by Gasteiger charge is -2.23. The van der Waals surface area contributed by atoms with Gasteiger partial charge in [-0.3, -0.25) is 9.69 Å². The van der Waals surface area contributed by atoms with Crippen LogP contribution in [0.5, 0.6) is 5.75 Å². The van der Waals surface area contributed by atoms with Crippen LogP contribution in [-0.2, 0) is 17.9 Å². The summed E-state index contributed by atoms with van der Waals surface area (Å²) in [6.07, 6.45) is 0. The summed E-state index contributed by atoms with van der Waals surface area (Å²) in [7, 11) is 3.75. The third-order valence-corrected chi connectivity index (χ3v) is 4.43. The number of aliphatic hydroxyl groups excluding tert-OH is 1. The number of nitrogens with one attached hydrogen (secondary N) is 1. The Morgan fingerprint density at radius 3 is 2.83 bits per heavy atom. The average molecular weight is 335 g/mol. The number of hydrogen-bond acceptors (Lipinski definition) is 5. The van der Waals surface area contributed by atoms with E-state index in [0.717, 1.165) is 49.6 Å². The van der Waals surface area contributed by atoms with Gasteiger partial charge in [-0.1, -0.05) is 6.07 Å². The molecule has 0 spiro atoms. The van der Waals surface area contributed by atoms with Gasteiger partial charge in [0.15, 0.2) is 0 Å². The zero-order valence-corrected chi connectivity index (χ0v) is 14.9. The van der Waals surface area contributed by atoms with E-state index in [2.05, 4.69) is 22.2 Å². The van der Waals surface area contributed by atoms with Crippen LogP contribution in [-0.4, -0.2) is 67.7 Å². The van der Waals surface area contributed by atoms with Crippen LogP contribution < -0.4 is 10.1 Å². The Morgan fingerprint density at radius 2 is 2.17 bits per heavy atom. The smallest absolute Gasteiger partial charge is 0.225 e. The fourth-order valence-electron chi connectivity index (χ4n) is 3.16. The van der Waals surface area contributed by atoms with E-state index in [1.54, 1.807) is 7.05 Å². The second-order valence-corrected chi connectivity index (χ2v) is 6.34. The van der Waals surface area contributed by atoms with Gasteiger partial charge in [-0.25, -0.2) is 0 Å². The van der Waals surface area contributed by atoms with Crippen molar-refractivity contribution in [3.8, 4) is 5.75 Å². The summed E-state index contributed by atoms with van der Waals surface area (Å²) in [6, 6.07) is 5.95. The molecule has 0 saturated carbocycles. The van der Waals surface area contributed by atoms with E-state index in [-0.39, 0.29) is 18.4 Å². The molecule has 1 atom stereocenters. The highest BCUT2D eigenvalue weighted by Crippen LogP contribution is 2.22. The molecule has 1 fully saturated rings. The number of carbonyl (C=O) groups excluding carboxylic acids is 1. The number of carbonyl (C=O) groups is 1. The molecule has 0 radical (unpaired) electrons. The Morgan fingerprint density at radius 1 is 1.38 bits per heavy atom. The molecule has 1 aliphatic heterocycles. The van der Waals surface area contributed by atoms with E-state index in [0.29, 0.717) is 6.61 Å². The second kappa shape index (κ2) is 9.01. The molecule has 1 amide bonds. The number of likely N-dealkylation sites (N-methyl/N-ethyl adjacent to an activating group) is 1. The first kappa shape index (κ1) is 18.7. The summed E-state index contributed by atoms with van der Waals surface area (Å²) in [4.78, 5) is 16.6. The fourth-order valence-corrected chi connectivity index (χ4v) is 3.16. The zero-order valence-electron chi connectivity index (χ0n) is 14.9. The highest BCUT2D eigenvalue weighted by atomic mass is 16.5. The van der Waals surface area contributed by atoms with Crippen molar-refractivity contribution in [1.82, 2.24) is 15.1 Å². The maximum atomic E-state index is 12.1. The van der Waals surface area contributed by atoms with Gasteiger partial charge in [0.2, 0.25) is 5.91 Å². The molecule has 0 unspecified atom stereocenters. The van der Waals surface area contributed by atoms with Crippen LogP contribution in [0.1, 0.15) is 18.1 Å². The van der Waals surface area contributed by atoms with Gasteiger partial charge in [0.25, 0.3) is 0 Å². The summed E-state index contributed by atoms with van der Waals surface area (Å²) < 4.78 is 5.54. The molecule has 1 aliphatic rings. The number of amides is 1. The van der Waals surface area contributed by atoms with Gasteiger partial charge in [-0.2, -0.15) is 0 Å². The normalized spacial score (nSPS) is 19.8. The summed E-state index contributed by atoms with van der Waals surface area (Å²) in [5, 5.41) is 12.3. The van der Waals surface area contributed by atoms with Crippen molar-refractivity contribution in [2.24, 2.45) is 5.92 Å². The van der Waals surface area contributed by atoms with Crippen LogP contribution in [0.3, 0.4) is 0 Å². The fraction of sp³-hybridized carbons (Fsp3) is 0.611. The predicted octanol–water partition coefficient (Wildman–Crippen LogP) is 0.687. The molecule has 1 heterocycles. The molecule has 2 N–H and O–H groups in total. The number of ether oxygens (including phenoxy) is 1. The minimum absolute atomic E-state index is 0.0255. The van der Waals surface area contributed by atoms with Crippen LogP contribution in [0.2, 0.25) is 0 Å². The van der Waals surface area contributed by atoms with Gasteiger partial charge in [-0.15, -0.1) is 0 Å². The lowest BCUT2D eigenvalue weighted by molar-refractivity contribution is -0.125. The number of aliphatic hydroxyl groups is 1. The molecule has 1 aromatic carbocycles. The predicted molar refractivity (Wildman–Crippen MR) is 93.9 cm³/mol. The van der Waals surface area contributed by atoms with Crippen LogP contribution >= 0.6 is 0 Å². The Labute approximate surface area is 144 Å². The van der Waals surface area contributed by atoms with Gasteiger partial charge >= 0.3 is 0 Å². The first-order valence-corrected chi connectivity index (χ1v) is 8.55. The molecule has 0 aliphatic carbocycles. The van der Waals surface area contributed by atoms with Crippen molar-refractivity contribution in [2.75, 3.05) is 46.9 Å². The molecule has 1 aromatic rings. The lowest BCUT2D eigenvalue weighted by atomic mass is 10.1. The average Bonchev–Trinajstić information content (AvgIpc) is 2.77. The number of rotatable bonds is 6. The molecule has 24 heavy (non-hydrogen) atoms. The van der Waals surface area contributed by atoms with Crippen molar-refractivity contribution in [1.29, 1.82) is 0 Å². The molecule has 2 rings (SSSR count). The highest BCUT2D eigenvalue weighted by molar-refractivity contribution is 5.78. The van der Waals surface area contributed by atoms with Crippen molar-refractivity contribution in [3.63, 3.8) is 0 Å². The van der Waals surface area contributed by atoms with Crippen molar-refractivity contribution in [2.45, 2.75) is 20.1 Å².